The number of sulfone groups is 1. The third kappa shape index (κ3) is 3.08. The summed E-state index contributed by atoms with van der Waals surface area (Å²) in [7, 11) is -3.59. The van der Waals surface area contributed by atoms with E-state index in [0.29, 0.717) is 12.2 Å². The molecule has 0 N–H and O–H groups in total. The van der Waals surface area contributed by atoms with Crippen LogP contribution in [0.15, 0.2) is 71.8 Å². The monoisotopic (exact) mass is 288 g/mol. The van der Waals surface area contributed by atoms with E-state index in [2.05, 4.69) is 0 Å². The first-order valence-corrected chi connectivity index (χ1v) is 7.82. The minimum atomic E-state index is -3.59. The van der Waals surface area contributed by atoms with Gasteiger partial charge in [0.15, 0.2) is 0 Å². The number of hydrogen-bond acceptors (Lipinski definition) is 3. The van der Waals surface area contributed by atoms with Gasteiger partial charge in [-0.05, 0) is 24.6 Å². The van der Waals surface area contributed by atoms with Gasteiger partial charge < -0.3 is 4.74 Å². The number of benzene rings is 2. The van der Waals surface area contributed by atoms with Gasteiger partial charge in [-0.15, -0.1) is 0 Å². The van der Waals surface area contributed by atoms with Gasteiger partial charge in [0.2, 0.25) is 9.84 Å². The summed E-state index contributed by atoms with van der Waals surface area (Å²) in [5, 5.41) is 0. The van der Waals surface area contributed by atoms with Crippen LogP contribution in [0.1, 0.15) is 12.5 Å². The van der Waals surface area contributed by atoms with Gasteiger partial charge in [-0.25, -0.2) is 8.42 Å². The van der Waals surface area contributed by atoms with Crippen LogP contribution in [0, 0.1) is 0 Å². The molecule has 0 amide bonds. The molecule has 104 valence electrons. The molecule has 2 aromatic carbocycles. The lowest BCUT2D eigenvalue weighted by molar-refractivity contribution is 0.271. The summed E-state index contributed by atoms with van der Waals surface area (Å²) in [6.45, 7) is 2.23. The van der Waals surface area contributed by atoms with E-state index in [4.69, 9.17) is 4.74 Å². The molecule has 0 aliphatic heterocycles. The van der Waals surface area contributed by atoms with Crippen LogP contribution in [-0.4, -0.2) is 15.0 Å². The molecule has 0 saturated heterocycles. The molecule has 0 aliphatic rings. The number of hydrogen-bond donors (Lipinski definition) is 0. The first-order chi connectivity index (χ1) is 9.66. The molecule has 2 rings (SSSR count). The largest absolute Gasteiger partial charge is 0.500 e. The van der Waals surface area contributed by atoms with Crippen molar-refractivity contribution >= 4 is 14.7 Å². The summed E-state index contributed by atoms with van der Waals surface area (Å²) >= 11 is 0. The minimum Gasteiger partial charge on any atom is -0.500 e. The molecule has 2 aromatic rings. The third-order valence-corrected chi connectivity index (χ3v) is 4.56. The van der Waals surface area contributed by atoms with E-state index in [0.717, 1.165) is 0 Å². The van der Waals surface area contributed by atoms with Gasteiger partial charge in [0.1, 0.15) is 11.2 Å². The maximum Gasteiger partial charge on any atom is 0.210 e. The Hall–Kier alpha value is -2.07. The first kappa shape index (κ1) is 14.3. The van der Waals surface area contributed by atoms with Gasteiger partial charge in [0, 0.05) is 0 Å². The third-order valence-electron chi connectivity index (χ3n) is 2.76. The maximum atomic E-state index is 12.7. The number of ether oxygens (including phenoxy) is 1. The molecule has 20 heavy (non-hydrogen) atoms. The lowest BCUT2D eigenvalue weighted by Gasteiger charge is -2.09. The predicted octanol–water partition coefficient (Wildman–Crippen LogP) is 3.50. The molecule has 4 heteroatoms. The highest BCUT2D eigenvalue weighted by Crippen LogP contribution is 2.27. The topological polar surface area (TPSA) is 43.4 Å². The van der Waals surface area contributed by atoms with E-state index < -0.39 is 9.84 Å². The quantitative estimate of drug-likeness (QED) is 0.791. The van der Waals surface area contributed by atoms with Crippen LogP contribution in [-0.2, 0) is 14.6 Å². The molecule has 0 heterocycles. The lowest BCUT2D eigenvalue weighted by Crippen LogP contribution is -2.05. The molecule has 0 radical (unpaired) electrons. The zero-order valence-electron chi connectivity index (χ0n) is 11.2. The summed E-state index contributed by atoms with van der Waals surface area (Å²) in [5.74, 6) is 0. The molecule has 0 aromatic heterocycles. The Morgan fingerprint density at radius 3 is 2.10 bits per heavy atom. The molecular formula is C16H16O3S. The van der Waals surface area contributed by atoms with Crippen LogP contribution in [0.4, 0.5) is 0 Å². The predicted molar refractivity (Wildman–Crippen MR) is 79.7 cm³/mol. The summed E-state index contributed by atoms with van der Waals surface area (Å²) in [6, 6.07) is 17.3. The SMILES string of the molecule is CCO/C=C(/c1ccccc1)S(=O)(=O)c1ccccc1. The van der Waals surface area contributed by atoms with Crippen LogP contribution in [0.3, 0.4) is 0 Å². The molecule has 0 spiro atoms. The van der Waals surface area contributed by atoms with Crippen molar-refractivity contribution in [2.75, 3.05) is 6.61 Å². The molecule has 3 nitrogen and oxygen atoms in total. The van der Waals surface area contributed by atoms with Crippen molar-refractivity contribution in [3.05, 3.63) is 72.5 Å². The second kappa shape index (κ2) is 6.39. The van der Waals surface area contributed by atoms with E-state index in [9.17, 15) is 8.42 Å². The molecular weight excluding hydrogens is 272 g/mol. The molecule has 0 unspecified atom stereocenters. The van der Waals surface area contributed by atoms with Crippen molar-refractivity contribution in [3.63, 3.8) is 0 Å². The van der Waals surface area contributed by atoms with Crippen LogP contribution in [0.5, 0.6) is 0 Å². The van der Waals surface area contributed by atoms with Crippen molar-refractivity contribution < 1.29 is 13.2 Å². The van der Waals surface area contributed by atoms with Crippen LogP contribution < -0.4 is 0 Å². The fraction of sp³-hybridized carbons (Fsp3) is 0.125. The zero-order valence-corrected chi connectivity index (χ0v) is 12.0. The summed E-state index contributed by atoms with van der Waals surface area (Å²) < 4.78 is 30.6. The normalized spacial score (nSPS) is 12.2. The Bertz CT molecular complexity index is 674. The summed E-state index contributed by atoms with van der Waals surface area (Å²) in [5.41, 5.74) is 0.616. The van der Waals surface area contributed by atoms with Gasteiger partial charge >= 0.3 is 0 Å². The molecule has 0 saturated carbocycles. The van der Waals surface area contributed by atoms with Gasteiger partial charge in [-0.2, -0.15) is 0 Å². The Labute approximate surface area is 119 Å². The van der Waals surface area contributed by atoms with Crippen LogP contribution >= 0.6 is 0 Å². The van der Waals surface area contributed by atoms with Crippen LogP contribution in [0.25, 0.3) is 4.91 Å². The lowest BCUT2D eigenvalue weighted by atomic mass is 10.2. The van der Waals surface area contributed by atoms with Crippen molar-refractivity contribution in [1.82, 2.24) is 0 Å². The zero-order chi connectivity index (χ0) is 14.4. The van der Waals surface area contributed by atoms with Crippen molar-refractivity contribution in [2.24, 2.45) is 0 Å². The molecule has 0 aliphatic carbocycles. The Morgan fingerprint density at radius 2 is 1.55 bits per heavy atom. The fourth-order valence-electron chi connectivity index (χ4n) is 1.77. The van der Waals surface area contributed by atoms with Gasteiger partial charge in [-0.1, -0.05) is 48.5 Å². The Balaban J connectivity index is 2.53. The Kier molecular flexibility index (Phi) is 4.58. The second-order valence-electron chi connectivity index (χ2n) is 4.12. The van der Waals surface area contributed by atoms with Crippen molar-refractivity contribution in [1.29, 1.82) is 0 Å². The van der Waals surface area contributed by atoms with Gasteiger partial charge in [0.25, 0.3) is 0 Å². The van der Waals surface area contributed by atoms with Crippen LogP contribution in [0.2, 0.25) is 0 Å². The highest BCUT2D eigenvalue weighted by Gasteiger charge is 2.22. The smallest absolute Gasteiger partial charge is 0.210 e. The molecule has 0 atom stereocenters. The maximum absolute atomic E-state index is 12.7. The molecule has 0 fully saturated rings. The van der Waals surface area contributed by atoms with E-state index in [-0.39, 0.29) is 9.80 Å². The van der Waals surface area contributed by atoms with Crippen molar-refractivity contribution in [3.8, 4) is 0 Å². The van der Waals surface area contributed by atoms with Gasteiger partial charge in [-0.3, -0.25) is 0 Å². The standard InChI is InChI=1S/C16H16O3S/c1-2-19-13-16(14-9-5-3-6-10-14)20(17,18)15-11-7-4-8-12-15/h3-13H,2H2,1H3/b16-13-. The number of rotatable bonds is 5. The van der Waals surface area contributed by atoms with E-state index in [1.807, 2.05) is 13.0 Å². The highest BCUT2D eigenvalue weighted by atomic mass is 32.2. The first-order valence-electron chi connectivity index (χ1n) is 6.33. The second-order valence-corrected chi connectivity index (χ2v) is 6.04. The fourth-order valence-corrected chi connectivity index (χ4v) is 3.19. The average molecular weight is 288 g/mol. The summed E-state index contributed by atoms with van der Waals surface area (Å²) in [4.78, 5) is 0.431. The minimum absolute atomic E-state index is 0.172. The molecule has 0 bridgehead atoms. The van der Waals surface area contributed by atoms with E-state index in [1.54, 1.807) is 54.6 Å². The Morgan fingerprint density at radius 1 is 1.00 bits per heavy atom. The van der Waals surface area contributed by atoms with E-state index >= 15 is 0 Å². The van der Waals surface area contributed by atoms with E-state index in [1.165, 1.54) is 6.26 Å². The summed E-state index contributed by atoms with van der Waals surface area (Å²) in [6.07, 6.45) is 1.32. The average Bonchev–Trinajstić information content (AvgIpc) is 2.49. The van der Waals surface area contributed by atoms with Gasteiger partial charge in [0.05, 0.1) is 11.5 Å². The van der Waals surface area contributed by atoms with Crippen molar-refractivity contribution in [2.45, 2.75) is 11.8 Å². The highest BCUT2D eigenvalue weighted by molar-refractivity contribution is 8.00.